The zero-order valence-electron chi connectivity index (χ0n) is 4.19. The van der Waals surface area contributed by atoms with Gasteiger partial charge in [-0.3, -0.25) is 0 Å². The Labute approximate surface area is 70.5 Å². The van der Waals surface area contributed by atoms with Crippen LogP contribution in [0.1, 0.15) is 0 Å². The van der Waals surface area contributed by atoms with Gasteiger partial charge in [-0.05, 0) is 0 Å². The van der Waals surface area contributed by atoms with E-state index in [2.05, 4.69) is 28.1 Å². The van der Waals surface area contributed by atoms with E-state index in [-0.39, 0.29) is 0 Å². The average Bonchev–Trinajstić information content (AvgIpc) is 1.64. The van der Waals surface area contributed by atoms with Crippen molar-refractivity contribution < 1.29 is 0 Å². The molecule has 0 aliphatic carbocycles. The Kier molecular flexibility index (Phi) is 2.38. The summed E-state index contributed by atoms with van der Waals surface area (Å²) in [5.74, 6) is 0. The summed E-state index contributed by atoms with van der Waals surface area (Å²) in [5, 5.41) is 0. The molecule has 0 spiro atoms. The van der Waals surface area contributed by atoms with Gasteiger partial charge in [-0.15, -0.1) is 0 Å². The third kappa shape index (κ3) is 1.78. The van der Waals surface area contributed by atoms with E-state index in [0.717, 1.165) is 0 Å². The molecule has 0 aliphatic heterocycles. The zero-order valence-corrected chi connectivity index (χ0v) is 8.63. The van der Waals surface area contributed by atoms with Gasteiger partial charge in [-0.2, -0.15) is 0 Å². The van der Waals surface area contributed by atoms with Crippen LogP contribution < -0.4 is 3.58 Å². The molecule has 3 radical (unpaired) electrons. The molecule has 39 valence electrons. The normalized spacial score (nSPS) is 9.25. The molecule has 0 aliphatic rings. The monoisotopic (exact) mass is 275 g/mol. The molecule has 8 heavy (non-hydrogen) atoms. The Morgan fingerprint density at radius 2 is 2.12 bits per heavy atom. The third-order valence-corrected chi connectivity index (χ3v) is 2.21. The summed E-state index contributed by atoms with van der Waals surface area (Å²) >= 11 is 4.85. The van der Waals surface area contributed by atoms with E-state index in [0.29, 0.717) is 0 Å². The van der Waals surface area contributed by atoms with E-state index in [4.69, 9.17) is 0 Å². The molecule has 0 fully saturated rings. The van der Waals surface area contributed by atoms with E-state index in [9.17, 15) is 0 Å². The van der Waals surface area contributed by atoms with Crippen molar-refractivity contribution in [3.05, 3.63) is 28.7 Å². The van der Waals surface area contributed by atoms with Crippen LogP contribution in [0.15, 0.2) is 28.7 Å². The van der Waals surface area contributed by atoms with Crippen molar-refractivity contribution in [3.63, 3.8) is 0 Å². The molecule has 2 heteroatoms. The van der Waals surface area contributed by atoms with E-state index < -0.39 is 0 Å². The van der Waals surface area contributed by atoms with Gasteiger partial charge in [0.25, 0.3) is 0 Å². The molecule has 0 N–H and O–H groups in total. The predicted molar refractivity (Wildman–Crippen MR) is 39.5 cm³/mol. The molecule has 0 aromatic heterocycles. The van der Waals surface area contributed by atoms with Gasteiger partial charge in [0, 0.05) is 0 Å². The first-order valence-corrected chi connectivity index (χ1v) is 4.48. The fraction of sp³-hybridized carbons (Fsp3) is 0. The Hall–Kier alpha value is 0.499. The van der Waals surface area contributed by atoms with Crippen LogP contribution in [0.4, 0.5) is 0 Å². The summed E-state index contributed by atoms with van der Waals surface area (Å²) in [5.41, 5.74) is 0. The molecule has 0 heterocycles. The fourth-order valence-electron chi connectivity index (χ4n) is 0.488. The van der Waals surface area contributed by atoms with Gasteiger partial charge in [0.15, 0.2) is 0 Å². The van der Waals surface area contributed by atoms with Crippen LogP contribution in [-0.2, 0) is 0 Å². The standard InChI is InChI=1S/C6H4Br.Sn/c7-6-4-2-1-3-5-6;/h1-2,4-5H;. The summed E-state index contributed by atoms with van der Waals surface area (Å²) in [6.07, 6.45) is 0. The number of rotatable bonds is 0. The van der Waals surface area contributed by atoms with Gasteiger partial charge in [-0.25, -0.2) is 0 Å². The molecule has 1 aromatic carbocycles. The van der Waals surface area contributed by atoms with Crippen LogP contribution in [0, 0.1) is 0 Å². The van der Waals surface area contributed by atoms with E-state index in [1.165, 1.54) is 30.6 Å². The Balaban J connectivity index is 3.08. The minimum absolute atomic E-state index is 1.17. The number of hydrogen-bond acceptors (Lipinski definition) is 0. The Bertz CT molecular complexity index is 168. The number of halogens is 1. The molecule has 0 saturated heterocycles. The molecule has 0 bridgehead atoms. The van der Waals surface area contributed by atoms with E-state index >= 15 is 0 Å². The van der Waals surface area contributed by atoms with Gasteiger partial charge >= 0.3 is 70.8 Å². The molecule has 1 rings (SSSR count). The van der Waals surface area contributed by atoms with Crippen LogP contribution in [-0.4, -0.2) is 22.5 Å². The number of hydrogen-bond donors (Lipinski definition) is 0. The van der Waals surface area contributed by atoms with Crippen LogP contribution in [0.5, 0.6) is 0 Å². The Morgan fingerprint density at radius 1 is 1.38 bits per heavy atom. The van der Waals surface area contributed by atoms with Gasteiger partial charge in [0.05, 0.1) is 0 Å². The van der Waals surface area contributed by atoms with Crippen LogP contribution in [0.25, 0.3) is 0 Å². The summed E-state index contributed by atoms with van der Waals surface area (Å²) in [4.78, 5) is 0. The average molecular weight is 275 g/mol. The maximum absolute atomic E-state index is 3.38. The first-order valence-electron chi connectivity index (χ1n) is 2.26. The Morgan fingerprint density at radius 3 is 2.50 bits per heavy atom. The maximum atomic E-state index is 3.38. The van der Waals surface area contributed by atoms with Crippen LogP contribution >= 0.6 is 15.9 Å². The first-order chi connectivity index (χ1) is 3.79. The van der Waals surface area contributed by atoms with Gasteiger partial charge in [0.1, 0.15) is 0 Å². The molecule has 0 unspecified atom stereocenters. The second-order valence-electron chi connectivity index (χ2n) is 1.51. The molecule has 0 amide bonds. The second-order valence-corrected chi connectivity index (χ2v) is 4.07. The minimum atomic E-state index is 1.17. The second kappa shape index (κ2) is 2.87. The molecule has 1 aromatic rings. The van der Waals surface area contributed by atoms with Crippen LogP contribution in [0.3, 0.4) is 0 Å². The fourth-order valence-corrected chi connectivity index (χ4v) is 2.21. The summed E-state index contributed by atoms with van der Waals surface area (Å²) in [6, 6.07) is 8.32. The van der Waals surface area contributed by atoms with Gasteiger partial charge in [-0.1, -0.05) is 0 Å². The van der Waals surface area contributed by atoms with E-state index in [1.807, 2.05) is 12.1 Å². The quantitative estimate of drug-likeness (QED) is 0.625. The van der Waals surface area contributed by atoms with Crippen molar-refractivity contribution in [2.75, 3.05) is 0 Å². The SMILES string of the molecule is Brc1ccc[c]([Sn])c1. The van der Waals surface area contributed by atoms with Crippen molar-refractivity contribution in [2.24, 2.45) is 0 Å². The van der Waals surface area contributed by atoms with Crippen molar-refractivity contribution in [2.45, 2.75) is 0 Å². The van der Waals surface area contributed by atoms with Crippen LogP contribution in [0.2, 0.25) is 0 Å². The third-order valence-electron chi connectivity index (χ3n) is 0.825. The molecule has 0 nitrogen and oxygen atoms in total. The van der Waals surface area contributed by atoms with Crippen molar-refractivity contribution in [1.82, 2.24) is 0 Å². The zero-order chi connectivity index (χ0) is 5.98. The van der Waals surface area contributed by atoms with Gasteiger partial charge in [0.2, 0.25) is 0 Å². The van der Waals surface area contributed by atoms with Crippen molar-refractivity contribution in [3.8, 4) is 0 Å². The summed E-state index contributed by atoms with van der Waals surface area (Å²) < 4.78 is 2.55. The number of benzene rings is 1. The molecule has 0 atom stereocenters. The first kappa shape index (κ1) is 6.62. The molecular formula is C6H4BrSn. The molecular weight excluding hydrogens is 271 g/mol. The van der Waals surface area contributed by atoms with Crippen molar-refractivity contribution >= 4 is 42.0 Å². The summed E-state index contributed by atoms with van der Waals surface area (Å²) in [7, 11) is 0. The van der Waals surface area contributed by atoms with Crippen molar-refractivity contribution in [1.29, 1.82) is 0 Å². The van der Waals surface area contributed by atoms with E-state index in [1.54, 1.807) is 0 Å². The predicted octanol–water partition coefficient (Wildman–Crippen LogP) is 1.24. The van der Waals surface area contributed by atoms with Gasteiger partial charge < -0.3 is 0 Å². The topological polar surface area (TPSA) is 0 Å². The molecule has 0 saturated carbocycles. The summed E-state index contributed by atoms with van der Waals surface area (Å²) in [6.45, 7) is 0.